The summed E-state index contributed by atoms with van der Waals surface area (Å²) < 4.78 is 43.9. The van der Waals surface area contributed by atoms with Crippen LogP contribution in [0.2, 0.25) is 5.02 Å². The number of nitrogens with zero attached hydrogens (tertiary/aromatic N) is 4. The molecule has 1 atom stereocenters. The van der Waals surface area contributed by atoms with Crippen molar-refractivity contribution in [2.24, 2.45) is 10.9 Å². The molecule has 1 aliphatic heterocycles. The molecule has 1 unspecified atom stereocenters. The van der Waals surface area contributed by atoms with Crippen LogP contribution in [-0.4, -0.2) is 26.9 Å². The van der Waals surface area contributed by atoms with E-state index in [4.69, 9.17) is 16.6 Å². The van der Waals surface area contributed by atoms with Crippen molar-refractivity contribution >= 4 is 28.6 Å². The minimum Gasteiger partial charge on any atom is -0.276 e. The number of aromatic nitrogens is 3. The average molecular weight is 449 g/mol. The topological polar surface area (TPSA) is 43.1 Å². The Hall–Kier alpha value is -2.19. The molecule has 154 valence electrons. The number of alkyl halides is 2. The van der Waals surface area contributed by atoms with E-state index in [-0.39, 0.29) is 23.6 Å². The second-order valence-corrected chi connectivity index (χ2v) is 9.52. The molecule has 9 heteroatoms. The third-order valence-electron chi connectivity index (χ3n) is 6.06. The van der Waals surface area contributed by atoms with Gasteiger partial charge in [-0.1, -0.05) is 17.7 Å². The fraction of sp³-hybridized carbons (Fsp3) is 0.381. The lowest BCUT2D eigenvalue weighted by Crippen LogP contribution is -2.14. The first-order valence-electron chi connectivity index (χ1n) is 9.89. The van der Waals surface area contributed by atoms with Crippen molar-refractivity contribution in [1.82, 2.24) is 14.8 Å². The van der Waals surface area contributed by atoms with Crippen LogP contribution >= 0.6 is 22.9 Å². The third-order valence-corrected chi connectivity index (χ3v) is 7.61. The van der Waals surface area contributed by atoms with E-state index >= 15 is 0 Å². The number of rotatable bonds is 3. The zero-order valence-electron chi connectivity index (χ0n) is 15.7. The molecule has 6 rings (SSSR count). The first kappa shape index (κ1) is 18.6. The van der Waals surface area contributed by atoms with E-state index in [1.165, 1.54) is 17.4 Å². The lowest BCUT2D eigenvalue weighted by atomic mass is 9.97. The Bertz CT molecular complexity index is 1190. The highest BCUT2D eigenvalue weighted by atomic mass is 35.5. The quantitative estimate of drug-likeness (QED) is 0.543. The van der Waals surface area contributed by atoms with Crippen molar-refractivity contribution < 1.29 is 13.2 Å². The Morgan fingerprint density at radius 1 is 1.13 bits per heavy atom. The molecule has 1 aromatic carbocycles. The molecule has 1 saturated carbocycles. The number of halogens is 4. The molecule has 3 aromatic rings. The normalized spacial score (nSPS) is 20.0. The van der Waals surface area contributed by atoms with Gasteiger partial charge in [-0.25, -0.2) is 13.2 Å². The molecule has 0 radical (unpaired) electrons. The van der Waals surface area contributed by atoms with E-state index in [0.29, 0.717) is 29.4 Å². The van der Waals surface area contributed by atoms with Crippen LogP contribution in [0, 0.1) is 11.7 Å². The first-order chi connectivity index (χ1) is 14.5. The van der Waals surface area contributed by atoms with Gasteiger partial charge in [0.15, 0.2) is 5.82 Å². The van der Waals surface area contributed by atoms with Gasteiger partial charge in [-0.2, -0.15) is 0 Å². The zero-order chi connectivity index (χ0) is 20.6. The Balaban J connectivity index is 1.61. The van der Waals surface area contributed by atoms with Gasteiger partial charge >= 0.3 is 0 Å². The standard InChI is InChI=1S/C21H16ClF3N4S/c22-12-2-1-3-13(23)17(12)18-16-11-6-10(19(24)25)7-14(11)30-21(16)29-15(8-26-18)27-28-20(29)9-4-5-9/h1-3,9-10,19H,4-8H2. The number of benzene rings is 1. The number of aliphatic imine (C=N–C) groups is 1. The van der Waals surface area contributed by atoms with Gasteiger partial charge in [0.05, 0.1) is 16.3 Å². The molecule has 0 amide bonds. The highest BCUT2D eigenvalue weighted by Crippen LogP contribution is 2.47. The van der Waals surface area contributed by atoms with E-state index in [2.05, 4.69) is 10.2 Å². The smallest absolute Gasteiger partial charge is 0.242 e. The molecule has 0 N–H and O–H groups in total. The summed E-state index contributed by atoms with van der Waals surface area (Å²) >= 11 is 7.86. The first-order valence-corrected chi connectivity index (χ1v) is 11.1. The monoisotopic (exact) mass is 448 g/mol. The molecule has 2 aliphatic carbocycles. The van der Waals surface area contributed by atoms with Crippen LogP contribution in [0.5, 0.6) is 0 Å². The van der Waals surface area contributed by atoms with Crippen molar-refractivity contribution in [3.05, 3.63) is 62.3 Å². The fourth-order valence-corrected chi connectivity index (χ4v) is 6.15. The van der Waals surface area contributed by atoms with Crippen LogP contribution in [0.25, 0.3) is 5.00 Å². The fourth-order valence-electron chi connectivity index (χ4n) is 4.45. The lowest BCUT2D eigenvalue weighted by molar-refractivity contribution is 0.0826. The molecule has 3 aliphatic rings. The van der Waals surface area contributed by atoms with E-state index < -0.39 is 18.2 Å². The second-order valence-electron chi connectivity index (χ2n) is 8.03. The van der Waals surface area contributed by atoms with Crippen LogP contribution in [0.15, 0.2) is 23.2 Å². The summed E-state index contributed by atoms with van der Waals surface area (Å²) in [5, 5.41) is 9.84. The van der Waals surface area contributed by atoms with Crippen LogP contribution in [0.4, 0.5) is 13.2 Å². The van der Waals surface area contributed by atoms with E-state index in [1.54, 1.807) is 12.1 Å². The van der Waals surface area contributed by atoms with Crippen molar-refractivity contribution in [1.29, 1.82) is 0 Å². The number of hydrogen-bond donors (Lipinski definition) is 0. The minimum atomic E-state index is -2.39. The van der Waals surface area contributed by atoms with Crippen LogP contribution < -0.4 is 0 Å². The van der Waals surface area contributed by atoms with Crippen molar-refractivity contribution in [2.45, 2.75) is 44.6 Å². The van der Waals surface area contributed by atoms with Crippen LogP contribution in [0.1, 0.15) is 52.0 Å². The SMILES string of the molecule is Fc1cccc(Cl)c1C1=NCc2nnc(C3CC3)n2-c2sc3c(c21)CC(C(F)F)C3. The molecule has 2 aromatic heterocycles. The molecule has 4 nitrogen and oxygen atoms in total. The lowest BCUT2D eigenvalue weighted by Gasteiger charge is -2.14. The summed E-state index contributed by atoms with van der Waals surface area (Å²) in [5.74, 6) is 0.720. The van der Waals surface area contributed by atoms with Crippen molar-refractivity contribution in [2.75, 3.05) is 0 Å². The van der Waals surface area contributed by atoms with Gasteiger partial charge in [0, 0.05) is 22.3 Å². The largest absolute Gasteiger partial charge is 0.276 e. The molecular weight excluding hydrogens is 433 g/mol. The summed E-state index contributed by atoms with van der Waals surface area (Å²) in [6.07, 6.45) is 0.285. The van der Waals surface area contributed by atoms with Gasteiger partial charge in [-0.15, -0.1) is 21.5 Å². The van der Waals surface area contributed by atoms with Gasteiger partial charge in [-0.05, 0) is 43.4 Å². The molecular formula is C21H16ClF3N4S. The Morgan fingerprint density at radius 2 is 1.97 bits per heavy atom. The van der Waals surface area contributed by atoms with Crippen molar-refractivity contribution in [3.63, 3.8) is 0 Å². The van der Waals surface area contributed by atoms with Gasteiger partial charge in [-0.3, -0.25) is 9.56 Å². The van der Waals surface area contributed by atoms with E-state index in [1.807, 2.05) is 4.57 Å². The highest BCUT2D eigenvalue weighted by Gasteiger charge is 2.39. The molecule has 1 fully saturated rings. The summed E-state index contributed by atoms with van der Waals surface area (Å²) in [5.41, 5.74) is 2.19. The summed E-state index contributed by atoms with van der Waals surface area (Å²) in [4.78, 5) is 5.61. The van der Waals surface area contributed by atoms with Gasteiger partial charge < -0.3 is 0 Å². The summed E-state index contributed by atoms with van der Waals surface area (Å²) in [7, 11) is 0. The maximum Gasteiger partial charge on any atom is 0.242 e. The predicted octanol–water partition coefficient (Wildman–Crippen LogP) is 5.33. The number of thiophene rings is 1. The van der Waals surface area contributed by atoms with Gasteiger partial charge in [0.25, 0.3) is 0 Å². The summed E-state index contributed by atoms with van der Waals surface area (Å²) in [6, 6.07) is 4.51. The zero-order valence-corrected chi connectivity index (χ0v) is 17.3. The highest BCUT2D eigenvalue weighted by molar-refractivity contribution is 7.15. The van der Waals surface area contributed by atoms with Gasteiger partial charge in [0.2, 0.25) is 6.43 Å². The Morgan fingerprint density at radius 3 is 2.70 bits per heavy atom. The predicted molar refractivity (Wildman–Crippen MR) is 109 cm³/mol. The average Bonchev–Trinajstić information content (AvgIpc) is 3.23. The molecule has 30 heavy (non-hydrogen) atoms. The molecule has 0 spiro atoms. The minimum absolute atomic E-state index is 0.216. The maximum absolute atomic E-state index is 14.9. The Kier molecular flexibility index (Phi) is 4.12. The number of fused-ring (bicyclic) bond motifs is 5. The number of hydrogen-bond acceptors (Lipinski definition) is 4. The molecule has 0 saturated heterocycles. The van der Waals surface area contributed by atoms with Crippen LogP contribution in [-0.2, 0) is 19.4 Å². The van der Waals surface area contributed by atoms with E-state index in [0.717, 1.165) is 34.1 Å². The van der Waals surface area contributed by atoms with Gasteiger partial charge in [0.1, 0.15) is 23.2 Å². The maximum atomic E-state index is 14.9. The summed E-state index contributed by atoms with van der Waals surface area (Å²) in [6.45, 7) is 0.230. The second kappa shape index (κ2) is 6.65. The Labute approximate surface area is 179 Å². The molecule has 0 bridgehead atoms. The van der Waals surface area contributed by atoms with E-state index in [9.17, 15) is 13.2 Å². The third kappa shape index (κ3) is 2.69. The molecule has 3 heterocycles. The van der Waals surface area contributed by atoms with Crippen molar-refractivity contribution in [3.8, 4) is 5.00 Å². The van der Waals surface area contributed by atoms with Crippen LogP contribution in [0.3, 0.4) is 0 Å².